The molecule has 0 bridgehead atoms. The third kappa shape index (κ3) is 2.79. The summed E-state index contributed by atoms with van der Waals surface area (Å²) in [6.45, 7) is 4.34. The summed E-state index contributed by atoms with van der Waals surface area (Å²) in [4.78, 5) is 5.66. The van der Waals surface area contributed by atoms with Gasteiger partial charge in [0.15, 0.2) is 4.96 Å². The SMILES string of the molecule is CCNCCCCc1cn2ccsc2n1. The van der Waals surface area contributed by atoms with Crippen molar-refractivity contribution in [2.45, 2.75) is 26.2 Å². The van der Waals surface area contributed by atoms with Crippen molar-refractivity contribution in [3.05, 3.63) is 23.5 Å². The van der Waals surface area contributed by atoms with E-state index >= 15 is 0 Å². The maximum atomic E-state index is 4.55. The molecule has 0 spiro atoms. The normalized spacial score (nSPS) is 11.3. The van der Waals surface area contributed by atoms with Crippen molar-refractivity contribution in [3.63, 3.8) is 0 Å². The first-order valence-corrected chi connectivity index (χ1v) is 6.40. The van der Waals surface area contributed by atoms with E-state index in [-0.39, 0.29) is 0 Å². The Hall–Kier alpha value is -0.870. The molecule has 2 aromatic heterocycles. The topological polar surface area (TPSA) is 29.3 Å². The Labute approximate surface area is 94.1 Å². The van der Waals surface area contributed by atoms with Gasteiger partial charge in [-0.3, -0.25) is 4.40 Å². The highest BCUT2D eigenvalue weighted by Gasteiger charge is 2.01. The first-order valence-electron chi connectivity index (χ1n) is 5.52. The maximum absolute atomic E-state index is 4.55. The van der Waals surface area contributed by atoms with Gasteiger partial charge in [-0.25, -0.2) is 4.98 Å². The van der Waals surface area contributed by atoms with Crippen LogP contribution in [0.5, 0.6) is 0 Å². The second-order valence-electron chi connectivity index (χ2n) is 3.64. The van der Waals surface area contributed by atoms with Gasteiger partial charge >= 0.3 is 0 Å². The molecule has 0 radical (unpaired) electrons. The second-order valence-corrected chi connectivity index (χ2v) is 4.51. The molecule has 0 aromatic carbocycles. The molecule has 0 aliphatic heterocycles. The average Bonchev–Trinajstić information content (AvgIpc) is 2.77. The zero-order chi connectivity index (χ0) is 10.5. The summed E-state index contributed by atoms with van der Waals surface area (Å²) in [7, 11) is 0. The van der Waals surface area contributed by atoms with Crippen molar-refractivity contribution in [1.82, 2.24) is 14.7 Å². The first-order chi connectivity index (χ1) is 7.40. The van der Waals surface area contributed by atoms with E-state index in [9.17, 15) is 0 Å². The molecule has 0 amide bonds. The minimum Gasteiger partial charge on any atom is -0.317 e. The van der Waals surface area contributed by atoms with Crippen LogP contribution in [0.25, 0.3) is 4.96 Å². The molecule has 0 atom stereocenters. The predicted molar refractivity (Wildman–Crippen MR) is 64.6 cm³/mol. The number of hydrogen-bond donors (Lipinski definition) is 1. The van der Waals surface area contributed by atoms with E-state index in [1.807, 2.05) is 0 Å². The molecule has 3 nitrogen and oxygen atoms in total. The summed E-state index contributed by atoms with van der Waals surface area (Å²) >= 11 is 1.69. The number of hydrogen-bond acceptors (Lipinski definition) is 3. The molecule has 0 aliphatic carbocycles. The van der Waals surface area contributed by atoms with Gasteiger partial charge in [-0.05, 0) is 32.4 Å². The number of aromatic nitrogens is 2. The molecule has 15 heavy (non-hydrogen) atoms. The van der Waals surface area contributed by atoms with Crippen LogP contribution in [0.3, 0.4) is 0 Å². The molecule has 0 saturated heterocycles. The fourth-order valence-corrected chi connectivity index (χ4v) is 2.35. The zero-order valence-electron chi connectivity index (χ0n) is 9.07. The molecule has 2 heterocycles. The van der Waals surface area contributed by atoms with Gasteiger partial charge in [0, 0.05) is 17.8 Å². The van der Waals surface area contributed by atoms with Crippen LogP contribution in [0.2, 0.25) is 0 Å². The monoisotopic (exact) mass is 223 g/mol. The van der Waals surface area contributed by atoms with Crippen LogP contribution >= 0.6 is 11.3 Å². The first kappa shape index (κ1) is 10.6. The number of thiazole rings is 1. The number of nitrogens with one attached hydrogen (secondary N) is 1. The van der Waals surface area contributed by atoms with Crippen LogP contribution < -0.4 is 5.32 Å². The third-order valence-corrected chi connectivity index (χ3v) is 3.20. The minimum atomic E-state index is 1.07. The fourth-order valence-electron chi connectivity index (χ4n) is 1.63. The van der Waals surface area contributed by atoms with Gasteiger partial charge in [-0.2, -0.15) is 0 Å². The number of fused-ring (bicyclic) bond motifs is 1. The fraction of sp³-hybridized carbons (Fsp3) is 0.545. The Morgan fingerprint density at radius 1 is 1.47 bits per heavy atom. The molecule has 2 aromatic rings. The van der Waals surface area contributed by atoms with Crippen LogP contribution in [0.1, 0.15) is 25.5 Å². The van der Waals surface area contributed by atoms with Crippen LogP contribution in [-0.4, -0.2) is 22.5 Å². The average molecular weight is 223 g/mol. The Kier molecular flexibility index (Phi) is 3.75. The van der Waals surface area contributed by atoms with Gasteiger partial charge in [0.25, 0.3) is 0 Å². The van der Waals surface area contributed by atoms with E-state index in [1.165, 1.54) is 18.5 Å². The summed E-state index contributed by atoms with van der Waals surface area (Å²) in [5, 5.41) is 5.40. The number of unbranched alkanes of at least 4 members (excludes halogenated alkanes) is 1. The largest absolute Gasteiger partial charge is 0.317 e. The summed E-state index contributed by atoms with van der Waals surface area (Å²) in [5.74, 6) is 0. The van der Waals surface area contributed by atoms with Crippen LogP contribution in [-0.2, 0) is 6.42 Å². The van der Waals surface area contributed by atoms with Crippen LogP contribution in [0.4, 0.5) is 0 Å². The lowest BCUT2D eigenvalue weighted by Crippen LogP contribution is -2.13. The zero-order valence-corrected chi connectivity index (χ0v) is 9.89. The number of imidazole rings is 1. The second kappa shape index (κ2) is 5.28. The lowest BCUT2D eigenvalue weighted by atomic mass is 10.2. The third-order valence-electron chi connectivity index (χ3n) is 2.43. The number of rotatable bonds is 6. The van der Waals surface area contributed by atoms with Gasteiger partial charge in [-0.15, -0.1) is 11.3 Å². The van der Waals surface area contributed by atoms with Crippen LogP contribution in [0.15, 0.2) is 17.8 Å². The highest BCUT2D eigenvalue weighted by Crippen LogP contribution is 2.12. The van der Waals surface area contributed by atoms with Gasteiger partial charge in [-0.1, -0.05) is 6.92 Å². The Morgan fingerprint density at radius 2 is 2.40 bits per heavy atom. The summed E-state index contributed by atoms with van der Waals surface area (Å²) in [6, 6.07) is 0. The van der Waals surface area contributed by atoms with E-state index in [4.69, 9.17) is 0 Å². The predicted octanol–water partition coefficient (Wildman–Crippen LogP) is 2.33. The van der Waals surface area contributed by atoms with Crippen molar-refractivity contribution in [2.24, 2.45) is 0 Å². The van der Waals surface area contributed by atoms with Crippen molar-refractivity contribution >= 4 is 16.3 Å². The number of nitrogens with zero attached hydrogens (tertiary/aromatic N) is 2. The summed E-state index contributed by atoms with van der Waals surface area (Å²) in [5.41, 5.74) is 1.22. The molecule has 1 N–H and O–H groups in total. The molecule has 2 rings (SSSR count). The minimum absolute atomic E-state index is 1.07. The quantitative estimate of drug-likeness (QED) is 0.762. The van der Waals surface area contributed by atoms with Crippen molar-refractivity contribution < 1.29 is 0 Å². The van der Waals surface area contributed by atoms with Gasteiger partial charge < -0.3 is 5.32 Å². The molecule has 82 valence electrons. The highest BCUT2D eigenvalue weighted by atomic mass is 32.1. The van der Waals surface area contributed by atoms with Gasteiger partial charge in [0.1, 0.15) is 0 Å². The molecule has 0 aliphatic rings. The Bertz CT molecular complexity index is 376. The smallest absolute Gasteiger partial charge is 0.193 e. The van der Waals surface area contributed by atoms with Crippen molar-refractivity contribution in [2.75, 3.05) is 13.1 Å². The van der Waals surface area contributed by atoms with Crippen molar-refractivity contribution in [1.29, 1.82) is 0 Å². The standard InChI is InChI=1S/C11H17N3S/c1-2-12-6-4-3-5-10-9-14-7-8-15-11(14)13-10/h7-9,12H,2-6H2,1H3. The highest BCUT2D eigenvalue weighted by molar-refractivity contribution is 7.15. The van der Waals surface area contributed by atoms with E-state index in [1.54, 1.807) is 11.3 Å². The van der Waals surface area contributed by atoms with E-state index in [0.29, 0.717) is 0 Å². The molecular formula is C11H17N3S. The lowest BCUT2D eigenvalue weighted by molar-refractivity contribution is 0.638. The van der Waals surface area contributed by atoms with Gasteiger partial charge in [0.2, 0.25) is 0 Å². The molecular weight excluding hydrogens is 206 g/mol. The summed E-state index contributed by atoms with van der Waals surface area (Å²) < 4.78 is 2.10. The number of aryl methyl sites for hydroxylation is 1. The van der Waals surface area contributed by atoms with E-state index < -0.39 is 0 Å². The maximum Gasteiger partial charge on any atom is 0.193 e. The van der Waals surface area contributed by atoms with E-state index in [2.05, 4.69) is 39.4 Å². The van der Waals surface area contributed by atoms with Crippen molar-refractivity contribution in [3.8, 4) is 0 Å². The molecule has 0 saturated carbocycles. The molecule has 0 unspecified atom stereocenters. The lowest BCUT2D eigenvalue weighted by Gasteiger charge is -1.99. The summed E-state index contributed by atoms with van der Waals surface area (Å²) in [6.07, 6.45) is 7.75. The van der Waals surface area contributed by atoms with Gasteiger partial charge in [0.05, 0.1) is 5.69 Å². The molecule has 4 heteroatoms. The van der Waals surface area contributed by atoms with Crippen LogP contribution in [0, 0.1) is 0 Å². The Balaban J connectivity index is 1.77. The van der Waals surface area contributed by atoms with E-state index in [0.717, 1.165) is 24.5 Å². The molecule has 0 fully saturated rings. The Morgan fingerprint density at radius 3 is 3.20 bits per heavy atom.